The van der Waals surface area contributed by atoms with Gasteiger partial charge in [-0.25, -0.2) is 0 Å². The van der Waals surface area contributed by atoms with Crippen LogP contribution in [0, 0.1) is 5.92 Å². The Balaban J connectivity index is 4.66. The second-order valence-corrected chi connectivity index (χ2v) is 4.24. The molecule has 0 bridgehead atoms. The molecule has 0 aliphatic carbocycles. The van der Waals surface area contributed by atoms with Crippen LogP contribution in [0.3, 0.4) is 0 Å². The molecule has 0 aliphatic rings. The third-order valence-corrected chi connectivity index (χ3v) is 3.42. The van der Waals surface area contributed by atoms with Gasteiger partial charge in [-0.2, -0.15) is 0 Å². The van der Waals surface area contributed by atoms with Crippen LogP contribution in [0.15, 0.2) is 22.5 Å². The monoisotopic (exact) mass is 231 g/mol. The Kier molecular flexibility index (Phi) is 4.61. The van der Waals surface area contributed by atoms with Gasteiger partial charge in [0.2, 0.25) is 0 Å². The summed E-state index contributed by atoms with van der Waals surface area (Å²) in [5, 5.41) is 0. The Morgan fingerprint density at radius 2 is 1.75 bits per heavy atom. The quantitative estimate of drug-likeness (QED) is 0.716. The highest BCUT2D eigenvalue weighted by atomic mass is 79.9. The van der Waals surface area contributed by atoms with E-state index < -0.39 is 0 Å². The Bertz CT molecular complexity index is 204. The van der Waals surface area contributed by atoms with Crippen molar-refractivity contribution in [1.29, 1.82) is 0 Å². The lowest BCUT2D eigenvalue weighted by molar-refractivity contribution is 0.514. The maximum absolute atomic E-state index is 3.89. The summed E-state index contributed by atoms with van der Waals surface area (Å²) >= 11 is 3.57. The summed E-state index contributed by atoms with van der Waals surface area (Å²) in [6, 6.07) is 0. The van der Waals surface area contributed by atoms with Gasteiger partial charge in [0, 0.05) is 22.9 Å². The van der Waals surface area contributed by atoms with Crippen LogP contribution in [0.4, 0.5) is 0 Å². The Morgan fingerprint density at radius 1 is 1.33 bits per heavy atom. The van der Waals surface area contributed by atoms with Crippen LogP contribution in [0.25, 0.3) is 0 Å². The molecule has 0 aromatic carbocycles. The summed E-state index contributed by atoms with van der Waals surface area (Å²) in [7, 11) is 2.03. The lowest BCUT2D eigenvalue weighted by Gasteiger charge is -2.22. The molecule has 0 saturated carbocycles. The van der Waals surface area contributed by atoms with Crippen molar-refractivity contribution in [2.24, 2.45) is 5.92 Å². The molecule has 0 N–H and O–H groups in total. The van der Waals surface area contributed by atoms with Crippen LogP contribution in [0.2, 0.25) is 0 Å². The maximum atomic E-state index is 3.89. The van der Waals surface area contributed by atoms with Crippen LogP contribution in [-0.2, 0) is 0 Å². The van der Waals surface area contributed by atoms with E-state index in [0.29, 0.717) is 5.92 Å². The van der Waals surface area contributed by atoms with Crippen molar-refractivity contribution >= 4 is 15.9 Å². The average Bonchev–Trinajstić information content (AvgIpc) is 2.00. The molecule has 0 aromatic heterocycles. The Morgan fingerprint density at radius 3 is 2.00 bits per heavy atom. The van der Waals surface area contributed by atoms with Crippen LogP contribution in [-0.4, -0.2) is 11.9 Å². The van der Waals surface area contributed by atoms with Gasteiger partial charge in [0.25, 0.3) is 0 Å². The van der Waals surface area contributed by atoms with Gasteiger partial charge < -0.3 is 4.90 Å². The third kappa shape index (κ3) is 3.02. The molecule has 0 amide bonds. The first kappa shape index (κ1) is 11.8. The normalized spacial score (nSPS) is 12.9. The minimum absolute atomic E-state index is 0.534. The lowest BCUT2D eigenvalue weighted by atomic mass is 10.2. The van der Waals surface area contributed by atoms with E-state index in [-0.39, 0.29) is 0 Å². The van der Waals surface area contributed by atoms with Crippen molar-refractivity contribution in [3.63, 3.8) is 0 Å². The molecule has 0 fully saturated rings. The predicted molar refractivity (Wildman–Crippen MR) is 59.0 cm³/mol. The van der Waals surface area contributed by atoms with Gasteiger partial charge in [0.1, 0.15) is 0 Å². The fraction of sp³-hybridized carbons (Fsp3) is 0.600. The lowest BCUT2D eigenvalue weighted by Crippen LogP contribution is -2.14. The molecule has 0 aromatic rings. The molecular formula is C10H18BrN. The van der Waals surface area contributed by atoms with E-state index in [0.717, 1.165) is 5.70 Å². The zero-order valence-electron chi connectivity index (χ0n) is 8.61. The van der Waals surface area contributed by atoms with Gasteiger partial charge in [-0.1, -0.05) is 36.4 Å². The van der Waals surface area contributed by atoms with Gasteiger partial charge in [0.05, 0.1) is 0 Å². The summed E-state index contributed by atoms with van der Waals surface area (Å²) in [5.74, 6) is 0.534. The van der Waals surface area contributed by atoms with Gasteiger partial charge >= 0.3 is 0 Å². The minimum Gasteiger partial charge on any atom is -0.352 e. The zero-order chi connectivity index (χ0) is 9.89. The molecule has 0 atom stereocenters. The van der Waals surface area contributed by atoms with Crippen LogP contribution >= 0.6 is 15.9 Å². The molecule has 0 radical (unpaired) electrons. The molecule has 0 aliphatic heterocycles. The molecule has 0 heterocycles. The summed E-state index contributed by atoms with van der Waals surface area (Å²) in [6.45, 7) is 12.3. The van der Waals surface area contributed by atoms with Crippen molar-refractivity contribution in [2.75, 3.05) is 7.05 Å². The Labute approximate surface area is 84.3 Å². The fourth-order valence-electron chi connectivity index (χ4n) is 0.864. The largest absolute Gasteiger partial charge is 0.352 e. The molecule has 12 heavy (non-hydrogen) atoms. The Hall–Kier alpha value is -0.240. The van der Waals surface area contributed by atoms with Gasteiger partial charge in [0.15, 0.2) is 0 Å². The molecule has 70 valence electrons. The van der Waals surface area contributed by atoms with Crippen molar-refractivity contribution in [1.82, 2.24) is 4.90 Å². The van der Waals surface area contributed by atoms with Crippen LogP contribution < -0.4 is 0 Å². The number of rotatable bonds is 3. The molecule has 0 unspecified atom stereocenters. The number of allylic oxidation sites excluding steroid dienone is 3. The molecule has 1 nitrogen and oxygen atoms in total. The smallest absolute Gasteiger partial charge is 0.0246 e. The van der Waals surface area contributed by atoms with Crippen molar-refractivity contribution in [3.05, 3.63) is 22.5 Å². The topological polar surface area (TPSA) is 3.24 Å². The second kappa shape index (κ2) is 4.70. The number of nitrogens with zero attached hydrogens (tertiary/aromatic N) is 1. The van der Waals surface area contributed by atoms with Crippen LogP contribution in [0.5, 0.6) is 0 Å². The predicted octanol–water partition coefficient (Wildman–Crippen LogP) is 3.73. The van der Waals surface area contributed by atoms with Crippen molar-refractivity contribution in [3.8, 4) is 0 Å². The summed E-state index contributed by atoms with van der Waals surface area (Å²) in [5.41, 5.74) is 2.29. The average molecular weight is 232 g/mol. The molecule has 2 heteroatoms. The molecule has 0 saturated heterocycles. The summed E-state index contributed by atoms with van der Waals surface area (Å²) in [4.78, 5) is 2.09. The van der Waals surface area contributed by atoms with E-state index >= 15 is 0 Å². The number of hydrogen-bond acceptors (Lipinski definition) is 1. The van der Waals surface area contributed by atoms with E-state index in [1.807, 2.05) is 14.0 Å². The SMILES string of the molecule is C=C(C)N(C)/C(C)=C(\Br)C(C)C. The first-order chi connectivity index (χ1) is 5.37. The molecular weight excluding hydrogens is 214 g/mol. The van der Waals surface area contributed by atoms with E-state index in [2.05, 4.69) is 48.2 Å². The number of halogens is 1. The van der Waals surface area contributed by atoms with E-state index in [9.17, 15) is 0 Å². The highest BCUT2D eigenvalue weighted by Crippen LogP contribution is 2.24. The first-order valence-electron chi connectivity index (χ1n) is 4.13. The molecule has 0 rings (SSSR count). The molecule has 0 spiro atoms. The van der Waals surface area contributed by atoms with Gasteiger partial charge in [-0.05, 0) is 19.8 Å². The van der Waals surface area contributed by atoms with Crippen molar-refractivity contribution in [2.45, 2.75) is 27.7 Å². The van der Waals surface area contributed by atoms with Crippen LogP contribution in [0.1, 0.15) is 27.7 Å². The van der Waals surface area contributed by atoms with E-state index in [1.54, 1.807) is 0 Å². The van der Waals surface area contributed by atoms with Gasteiger partial charge in [-0.15, -0.1) is 0 Å². The van der Waals surface area contributed by atoms with Gasteiger partial charge in [-0.3, -0.25) is 0 Å². The summed E-state index contributed by atoms with van der Waals surface area (Å²) < 4.78 is 1.24. The highest BCUT2D eigenvalue weighted by molar-refractivity contribution is 9.11. The fourth-order valence-corrected chi connectivity index (χ4v) is 1.13. The van der Waals surface area contributed by atoms with E-state index in [4.69, 9.17) is 0 Å². The number of hydrogen-bond donors (Lipinski definition) is 0. The standard InChI is InChI=1S/C10H18BrN/c1-7(2)10(11)9(5)12(6)8(3)4/h7H,3H2,1-2,4-6H3/b10-9-. The minimum atomic E-state index is 0.534. The third-order valence-electron chi connectivity index (χ3n) is 1.93. The van der Waals surface area contributed by atoms with E-state index in [1.165, 1.54) is 10.2 Å². The van der Waals surface area contributed by atoms with Crippen molar-refractivity contribution < 1.29 is 0 Å². The summed E-state index contributed by atoms with van der Waals surface area (Å²) in [6.07, 6.45) is 0. The zero-order valence-corrected chi connectivity index (χ0v) is 10.2. The maximum Gasteiger partial charge on any atom is 0.0246 e. The highest BCUT2D eigenvalue weighted by Gasteiger charge is 2.07. The second-order valence-electron chi connectivity index (χ2n) is 3.38. The first-order valence-corrected chi connectivity index (χ1v) is 4.92.